The first kappa shape index (κ1) is 21.1. The third-order valence-corrected chi connectivity index (χ3v) is 5.56. The van der Waals surface area contributed by atoms with Gasteiger partial charge in [-0.05, 0) is 63.7 Å². The lowest BCUT2D eigenvalue weighted by atomic mass is 10.1. The van der Waals surface area contributed by atoms with Crippen molar-refractivity contribution >= 4 is 28.8 Å². The van der Waals surface area contributed by atoms with Gasteiger partial charge in [0, 0.05) is 17.1 Å². The zero-order valence-corrected chi connectivity index (χ0v) is 17.6. The SMILES string of the molecule is Cc1cc(C)c(NC(=O)CN(C)[C@H](C)C(=O)NCCc2cccs2)c(C)c1. The molecule has 0 fully saturated rings. The first-order valence-corrected chi connectivity index (χ1v) is 10.0. The molecule has 1 atom stereocenters. The van der Waals surface area contributed by atoms with Crippen LogP contribution in [0.1, 0.15) is 28.5 Å². The number of hydrogen-bond acceptors (Lipinski definition) is 4. The average Bonchev–Trinajstić information content (AvgIpc) is 3.10. The van der Waals surface area contributed by atoms with Gasteiger partial charge in [-0.15, -0.1) is 11.3 Å². The molecule has 2 aromatic rings. The molecule has 0 aliphatic carbocycles. The standard InChI is InChI=1S/C21H29N3O2S/c1-14-11-15(2)20(16(3)12-14)23-19(25)13-24(5)17(4)21(26)22-9-8-18-7-6-10-27-18/h6-7,10-12,17H,8-9,13H2,1-5H3,(H,22,26)(H,23,25)/t17-/m1/s1. The van der Waals surface area contributed by atoms with Crippen LogP contribution in [0.5, 0.6) is 0 Å². The van der Waals surface area contributed by atoms with Crippen LogP contribution in [0.4, 0.5) is 5.69 Å². The van der Waals surface area contributed by atoms with Gasteiger partial charge in [-0.1, -0.05) is 23.8 Å². The van der Waals surface area contributed by atoms with Gasteiger partial charge in [-0.3, -0.25) is 14.5 Å². The number of amides is 2. The Kier molecular flexibility index (Phi) is 7.56. The summed E-state index contributed by atoms with van der Waals surface area (Å²) in [6.45, 7) is 8.60. The number of nitrogens with one attached hydrogen (secondary N) is 2. The number of thiophene rings is 1. The number of carbonyl (C=O) groups is 2. The Morgan fingerprint density at radius 2 is 1.85 bits per heavy atom. The number of hydrogen-bond donors (Lipinski definition) is 2. The summed E-state index contributed by atoms with van der Waals surface area (Å²) >= 11 is 1.69. The molecule has 1 aromatic heterocycles. The monoisotopic (exact) mass is 387 g/mol. The van der Waals surface area contributed by atoms with E-state index >= 15 is 0 Å². The van der Waals surface area contributed by atoms with E-state index in [1.54, 1.807) is 23.3 Å². The second kappa shape index (κ2) is 9.67. The van der Waals surface area contributed by atoms with Gasteiger partial charge in [0.05, 0.1) is 12.6 Å². The highest BCUT2D eigenvalue weighted by atomic mass is 32.1. The van der Waals surface area contributed by atoms with E-state index in [4.69, 9.17) is 0 Å². The summed E-state index contributed by atoms with van der Waals surface area (Å²) in [5.41, 5.74) is 4.12. The number of carbonyl (C=O) groups excluding carboxylic acids is 2. The molecule has 6 heteroatoms. The van der Waals surface area contributed by atoms with Gasteiger partial charge in [0.15, 0.2) is 0 Å². The zero-order chi connectivity index (χ0) is 20.0. The minimum atomic E-state index is -0.376. The number of anilines is 1. The normalized spacial score (nSPS) is 12.1. The summed E-state index contributed by atoms with van der Waals surface area (Å²) in [5, 5.41) is 7.96. The number of likely N-dealkylation sites (N-methyl/N-ethyl adjacent to an activating group) is 1. The highest BCUT2D eigenvalue weighted by Gasteiger charge is 2.20. The van der Waals surface area contributed by atoms with Crippen LogP contribution in [0.25, 0.3) is 0 Å². The minimum Gasteiger partial charge on any atom is -0.354 e. The second-order valence-corrected chi connectivity index (χ2v) is 8.07. The van der Waals surface area contributed by atoms with Gasteiger partial charge in [0.2, 0.25) is 11.8 Å². The molecule has 146 valence electrons. The van der Waals surface area contributed by atoms with Gasteiger partial charge in [0.25, 0.3) is 0 Å². The number of nitrogens with zero attached hydrogens (tertiary/aromatic N) is 1. The number of benzene rings is 1. The first-order valence-electron chi connectivity index (χ1n) is 9.16. The predicted molar refractivity (Wildman–Crippen MR) is 112 cm³/mol. The molecule has 0 unspecified atom stereocenters. The van der Waals surface area contributed by atoms with Crippen LogP contribution in [-0.2, 0) is 16.0 Å². The average molecular weight is 388 g/mol. The van der Waals surface area contributed by atoms with Crippen molar-refractivity contribution < 1.29 is 9.59 Å². The first-order chi connectivity index (χ1) is 12.8. The molecule has 2 rings (SSSR count). The Hall–Kier alpha value is -2.18. The molecule has 0 saturated heterocycles. The molecule has 0 spiro atoms. The van der Waals surface area contributed by atoms with E-state index in [1.807, 2.05) is 39.1 Å². The van der Waals surface area contributed by atoms with E-state index < -0.39 is 0 Å². The summed E-state index contributed by atoms with van der Waals surface area (Å²) in [5.74, 6) is -0.185. The molecule has 0 aliphatic heterocycles. The van der Waals surface area contributed by atoms with Crippen LogP contribution in [0.2, 0.25) is 0 Å². The Labute approximate surface area is 165 Å². The van der Waals surface area contributed by atoms with Crippen molar-refractivity contribution in [2.24, 2.45) is 0 Å². The van der Waals surface area contributed by atoms with Crippen LogP contribution >= 0.6 is 11.3 Å². The molecule has 5 nitrogen and oxygen atoms in total. The molecule has 2 amide bonds. The van der Waals surface area contributed by atoms with E-state index in [-0.39, 0.29) is 24.4 Å². The Morgan fingerprint density at radius 3 is 2.44 bits per heavy atom. The van der Waals surface area contributed by atoms with Crippen molar-refractivity contribution in [1.29, 1.82) is 0 Å². The quantitative estimate of drug-likeness (QED) is 0.731. The van der Waals surface area contributed by atoms with Crippen LogP contribution in [-0.4, -0.2) is 42.9 Å². The highest BCUT2D eigenvalue weighted by molar-refractivity contribution is 7.09. The highest BCUT2D eigenvalue weighted by Crippen LogP contribution is 2.21. The largest absolute Gasteiger partial charge is 0.354 e. The minimum absolute atomic E-state index is 0.0652. The summed E-state index contributed by atoms with van der Waals surface area (Å²) in [6, 6.07) is 7.80. The molecule has 27 heavy (non-hydrogen) atoms. The maximum absolute atomic E-state index is 12.4. The topological polar surface area (TPSA) is 61.4 Å². The Balaban J connectivity index is 1.83. The van der Waals surface area contributed by atoms with Crippen molar-refractivity contribution in [2.75, 3.05) is 25.5 Å². The Bertz CT molecular complexity index is 764. The van der Waals surface area contributed by atoms with E-state index in [0.29, 0.717) is 6.54 Å². The molecule has 1 heterocycles. The van der Waals surface area contributed by atoms with Crippen LogP contribution in [0, 0.1) is 20.8 Å². The van der Waals surface area contributed by atoms with Crippen LogP contribution in [0.3, 0.4) is 0 Å². The fourth-order valence-corrected chi connectivity index (χ4v) is 3.74. The molecule has 1 aromatic carbocycles. The lowest BCUT2D eigenvalue weighted by Gasteiger charge is -2.23. The fraction of sp³-hybridized carbons (Fsp3) is 0.429. The van der Waals surface area contributed by atoms with Gasteiger partial charge >= 0.3 is 0 Å². The molecule has 0 bridgehead atoms. The van der Waals surface area contributed by atoms with Gasteiger partial charge in [-0.25, -0.2) is 0 Å². The third kappa shape index (κ3) is 6.19. The van der Waals surface area contributed by atoms with E-state index in [9.17, 15) is 9.59 Å². The second-order valence-electron chi connectivity index (χ2n) is 7.03. The molecule has 0 saturated carbocycles. The predicted octanol–water partition coefficient (Wildman–Crippen LogP) is 3.29. The lowest BCUT2D eigenvalue weighted by molar-refractivity contribution is -0.126. The molecule has 0 radical (unpaired) electrons. The zero-order valence-electron chi connectivity index (χ0n) is 16.8. The van der Waals surface area contributed by atoms with Crippen molar-refractivity contribution in [2.45, 2.75) is 40.2 Å². The summed E-state index contributed by atoms with van der Waals surface area (Å²) in [7, 11) is 1.79. The number of aryl methyl sites for hydroxylation is 3. The summed E-state index contributed by atoms with van der Waals surface area (Å²) in [4.78, 5) is 27.8. The van der Waals surface area contributed by atoms with Crippen molar-refractivity contribution in [3.8, 4) is 0 Å². The van der Waals surface area contributed by atoms with Crippen molar-refractivity contribution in [1.82, 2.24) is 10.2 Å². The smallest absolute Gasteiger partial charge is 0.238 e. The van der Waals surface area contributed by atoms with Gasteiger partial charge < -0.3 is 10.6 Å². The van der Waals surface area contributed by atoms with Gasteiger partial charge in [0.1, 0.15) is 0 Å². The van der Waals surface area contributed by atoms with Crippen molar-refractivity contribution in [3.05, 3.63) is 51.2 Å². The summed E-state index contributed by atoms with van der Waals surface area (Å²) in [6.07, 6.45) is 0.826. The molecular formula is C21H29N3O2S. The molecule has 2 N–H and O–H groups in total. The maximum Gasteiger partial charge on any atom is 0.238 e. The van der Waals surface area contributed by atoms with Crippen LogP contribution in [0.15, 0.2) is 29.6 Å². The third-order valence-electron chi connectivity index (χ3n) is 4.63. The fourth-order valence-electron chi connectivity index (χ4n) is 3.03. The molecule has 0 aliphatic rings. The van der Waals surface area contributed by atoms with Crippen molar-refractivity contribution in [3.63, 3.8) is 0 Å². The number of rotatable bonds is 8. The Morgan fingerprint density at radius 1 is 1.19 bits per heavy atom. The van der Waals surface area contributed by atoms with E-state index in [0.717, 1.165) is 23.2 Å². The maximum atomic E-state index is 12.4. The van der Waals surface area contributed by atoms with E-state index in [1.165, 1.54) is 10.4 Å². The molecular weight excluding hydrogens is 358 g/mol. The van der Waals surface area contributed by atoms with Crippen LogP contribution < -0.4 is 10.6 Å². The van der Waals surface area contributed by atoms with Gasteiger partial charge in [-0.2, -0.15) is 0 Å². The summed E-state index contributed by atoms with van der Waals surface area (Å²) < 4.78 is 0. The van der Waals surface area contributed by atoms with E-state index in [2.05, 4.69) is 28.8 Å². The lowest BCUT2D eigenvalue weighted by Crippen LogP contribution is -2.46.